The van der Waals surface area contributed by atoms with Crippen molar-refractivity contribution in [2.24, 2.45) is 10.9 Å². The van der Waals surface area contributed by atoms with Gasteiger partial charge in [-0.25, -0.2) is 4.39 Å². The molecule has 8 heteroatoms. The van der Waals surface area contributed by atoms with Gasteiger partial charge < -0.3 is 24.4 Å². The average molecular weight is 479 g/mol. The van der Waals surface area contributed by atoms with Crippen molar-refractivity contribution in [1.82, 2.24) is 10.2 Å². The van der Waals surface area contributed by atoms with Crippen LogP contribution in [0.2, 0.25) is 0 Å². The monoisotopic (exact) mass is 479 g/mol. The van der Waals surface area contributed by atoms with E-state index in [2.05, 4.69) is 15.2 Å². The molecule has 0 bridgehead atoms. The Hall–Kier alpha value is -1.13. The molecule has 1 aromatic carbocycles. The van der Waals surface area contributed by atoms with Gasteiger partial charge in [0.1, 0.15) is 11.6 Å². The summed E-state index contributed by atoms with van der Waals surface area (Å²) in [5, 5.41) is 3.37. The average Bonchev–Trinajstić information content (AvgIpc) is 3.07. The van der Waals surface area contributed by atoms with Gasteiger partial charge in [-0.15, -0.1) is 24.0 Å². The lowest BCUT2D eigenvalue weighted by atomic mass is 10.1. The topological polar surface area (TPSA) is 55.3 Å². The van der Waals surface area contributed by atoms with Gasteiger partial charge in [-0.3, -0.25) is 4.99 Å². The van der Waals surface area contributed by atoms with Crippen molar-refractivity contribution in [1.29, 1.82) is 0 Å². The molecule has 2 aliphatic heterocycles. The van der Waals surface area contributed by atoms with Gasteiger partial charge in [0.25, 0.3) is 0 Å². The van der Waals surface area contributed by atoms with Gasteiger partial charge in [-0.1, -0.05) is 0 Å². The molecule has 146 valence electrons. The van der Waals surface area contributed by atoms with Gasteiger partial charge >= 0.3 is 0 Å². The zero-order chi connectivity index (χ0) is 17.6. The lowest BCUT2D eigenvalue weighted by Crippen LogP contribution is -2.41. The van der Waals surface area contributed by atoms with Crippen molar-refractivity contribution in [2.75, 3.05) is 47.2 Å². The molecule has 26 heavy (non-hydrogen) atoms. The van der Waals surface area contributed by atoms with Crippen LogP contribution in [0.5, 0.6) is 5.75 Å². The van der Waals surface area contributed by atoms with E-state index >= 15 is 0 Å². The van der Waals surface area contributed by atoms with Crippen LogP contribution in [0, 0.1) is 11.7 Å². The van der Waals surface area contributed by atoms with Crippen LogP contribution in [0.15, 0.2) is 17.1 Å². The maximum atomic E-state index is 13.8. The minimum absolute atomic E-state index is 0. The van der Waals surface area contributed by atoms with E-state index in [-0.39, 0.29) is 36.6 Å². The smallest absolute Gasteiger partial charge is 0.193 e. The first-order chi connectivity index (χ1) is 12.2. The number of nitrogens with zero attached hydrogens (tertiary/aromatic N) is 2. The van der Waals surface area contributed by atoms with Crippen molar-refractivity contribution in [2.45, 2.75) is 19.4 Å². The van der Waals surface area contributed by atoms with Crippen LogP contribution in [0.25, 0.3) is 0 Å². The van der Waals surface area contributed by atoms with Crippen LogP contribution in [0.4, 0.5) is 4.39 Å². The van der Waals surface area contributed by atoms with Gasteiger partial charge in [0.15, 0.2) is 12.8 Å². The fourth-order valence-corrected chi connectivity index (χ4v) is 3.48. The molecule has 1 saturated heterocycles. The number of benzene rings is 1. The largest absolute Gasteiger partial charge is 0.467 e. The highest BCUT2D eigenvalue weighted by Gasteiger charge is 2.24. The molecular weight excluding hydrogens is 452 g/mol. The standard InChI is InChI=1S/C18H26FN3O3.HI/c1-20-18(22-6-4-13(9-22)10-23-2)21-5-3-14-7-16(19)8-15-11-24-12-25-17(14)15;/h7-8,13H,3-6,9-12H2,1-2H3,(H,20,21);1H. The maximum Gasteiger partial charge on any atom is 0.193 e. The van der Waals surface area contributed by atoms with Crippen LogP contribution in [0.3, 0.4) is 0 Å². The van der Waals surface area contributed by atoms with Crippen molar-refractivity contribution < 1.29 is 18.6 Å². The number of likely N-dealkylation sites (tertiary alicyclic amines) is 1. The first kappa shape index (κ1) is 21.2. The molecule has 0 amide bonds. The Morgan fingerprint density at radius 2 is 2.31 bits per heavy atom. The SMILES string of the molecule is CN=C(NCCc1cc(F)cc2c1OCOC2)N1CCC(COC)C1.I. The number of methoxy groups -OCH3 is 1. The fraction of sp³-hybridized carbons (Fsp3) is 0.611. The number of fused-ring (bicyclic) bond motifs is 1. The minimum Gasteiger partial charge on any atom is -0.467 e. The van der Waals surface area contributed by atoms with E-state index < -0.39 is 0 Å². The highest BCUT2D eigenvalue weighted by atomic mass is 127. The molecule has 0 saturated carbocycles. The summed E-state index contributed by atoms with van der Waals surface area (Å²) >= 11 is 0. The van der Waals surface area contributed by atoms with Gasteiger partial charge in [0.05, 0.1) is 13.2 Å². The van der Waals surface area contributed by atoms with Crippen LogP contribution < -0.4 is 10.1 Å². The van der Waals surface area contributed by atoms with Crippen LogP contribution in [0.1, 0.15) is 17.5 Å². The second-order valence-corrected chi connectivity index (χ2v) is 6.44. The van der Waals surface area contributed by atoms with Crippen molar-refractivity contribution in [3.8, 4) is 5.75 Å². The fourth-order valence-electron chi connectivity index (χ4n) is 3.48. The Morgan fingerprint density at radius 1 is 1.46 bits per heavy atom. The van der Waals surface area contributed by atoms with Crippen molar-refractivity contribution in [3.63, 3.8) is 0 Å². The normalized spacial score (nSPS) is 19.6. The lowest BCUT2D eigenvalue weighted by Gasteiger charge is -2.23. The summed E-state index contributed by atoms with van der Waals surface area (Å²) in [5.41, 5.74) is 1.63. The van der Waals surface area contributed by atoms with Crippen LogP contribution in [-0.4, -0.2) is 58.1 Å². The van der Waals surface area contributed by atoms with Crippen molar-refractivity contribution >= 4 is 29.9 Å². The summed E-state index contributed by atoms with van der Waals surface area (Å²) in [4.78, 5) is 6.61. The minimum atomic E-state index is -0.255. The number of ether oxygens (including phenoxy) is 3. The molecule has 1 N–H and O–H groups in total. The number of aliphatic imine (C=N–C) groups is 1. The van der Waals surface area contributed by atoms with E-state index in [1.807, 2.05) is 0 Å². The van der Waals surface area contributed by atoms with Gasteiger partial charge in [0.2, 0.25) is 0 Å². The summed E-state index contributed by atoms with van der Waals surface area (Å²) in [6.07, 6.45) is 1.77. The van der Waals surface area contributed by atoms with E-state index in [1.165, 1.54) is 6.07 Å². The highest BCUT2D eigenvalue weighted by Crippen LogP contribution is 2.29. The third-order valence-electron chi connectivity index (χ3n) is 4.63. The molecule has 0 radical (unpaired) electrons. The molecule has 1 fully saturated rings. The number of hydrogen-bond donors (Lipinski definition) is 1. The molecule has 0 aliphatic carbocycles. The molecule has 0 spiro atoms. The molecule has 1 aromatic rings. The van der Waals surface area contributed by atoms with Gasteiger partial charge in [-0.05, 0) is 30.5 Å². The van der Waals surface area contributed by atoms with Gasteiger partial charge in [-0.2, -0.15) is 0 Å². The molecule has 0 aromatic heterocycles. The number of halogens is 2. The first-order valence-electron chi connectivity index (χ1n) is 8.67. The summed E-state index contributed by atoms with van der Waals surface area (Å²) in [5.74, 6) is 1.93. The summed E-state index contributed by atoms with van der Waals surface area (Å²) in [6.45, 7) is 3.98. The molecule has 1 unspecified atom stereocenters. The number of rotatable bonds is 5. The molecule has 1 atom stereocenters. The third kappa shape index (κ3) is 5.20. The van der Waals surface area contributed by atoms with Gasteiger partial charge in [0, 0.05) is 45.3 Å². The predicted molar refractivity (Wildman–Crippen MR) is 109 cm³/mol. The predicted octanol–water partition coefficient (Wildman–Crippen LogP) is 2.40. The Bertz CT molecular complexity index is 630. The Kier molecular flexibility index (Phi) is 8.36. The lowest BCUT2D eigenvalue weighted by molar-refractivity contribution is -0.0172. The number of nitrogens with one attached hydrogen (secondary N) is 1. The van der Waals surface area contributed by atoms with Crippen LogP contribution >= 0.6 is 24.0 Å². The molecule has 2 heterocycles. The molecular formula is C18H27FIN3O3. The summed E-state index contributed by atoms with van der Waals surface area (Å²) in [7, 11) is 3.53. The van der Waals surface area contributed by atoms with E-state index in [0.29, 0.717) is 25.5 Å². The zero-order valence-corrected chi connectivity index (χ0v) is 17.6. The highest BCUT2D eigenvalue weighted by molar-refractivity contribution is 14.0. The van der Waals surface area contributed by atoms with E-state index in [9.17, 15) is 4.39 Å². The summed E-state index contributed by atoms with van der Waals surface area (Å²) < 4.78 is 29.8. The number of hydrogen-bond acceptors (Lipinski definition) is 4. The van der Waals surface area contributed by atoms with E-state index in [4.69, 9.17) is 14.2 Å². The maximum absolute atomic E-state index is 13.8. The Balaban J connectivity index is 0.00000243. The third-order valence-corrected chi connectivity index (χ3v) is 4.63. The number of guanidine groups is 1. The summed E-state index contributed by atoms with van der Waals surface area (Å²) in [6, 6.07) is 3.02. The molecule has 2 aliphatic rings. The quantitative estimate of drug-likeness (QED) is 0.400. The zero-order valence-electron chi connectivity index (χ0n) is 15.3. The molecule has 6 nitrogen and oxygen atoms in total. The second kappa shape index (κ2) is 10.3. The molecule has 3 rings (SSSR count). The first-order valence-corrected chi connectivity index (χ1v) is 8.67. The Morgan fingerprint density at radius 3 is 3.08 bits per heavy atom. The van der Waals surface area contributed by atoms with Crippen LogP contribution in [-0.2, 0) is 22.5 Å². The van der Waals surface area contributed by atoms with Crippen molar-refractivity contribution in [3.05, 3.63) is 29.1 Å². The second-order valence-electron chi connectivity index (χ2n) is 6.44. The Labute approximate surface area is 171 Å². The van der Waals surface area contributed by atoms with E-state index in [1.54, 1.807) is 20.2 Å². The van der Waals surface area contributed by atoms with E-state index in [0.717, 1.165) is 49.0 Å².